The molecule has 4 nitrogen and oxygen atoms in total. The summed E-state index contributed by atoms with van der Waals surface area (Å²) in [4.78, 5) is 19.3. The average molecular weight is 343 g/mol. The summed E-state index contributed by atoms with van der Waals surface area (Å²) < 4.78 is 0. The molecule has 1 atom stereocenters. The zero-order chi connectivity index (χ0) is 16.1. The van der Waals surface area contributed by atoms with Gasteiger partial charge in [0.2, 0.25) is 0 Å². The molecule has 1 fully saturated rings. The summed E-state index contributed by atoms with van der Waals surface area (Å²) in [5.74, 6) is -0.161. The first-order chi connectivity index (χ1) is 10.5. The lowest BCUT2D eigenvalue weighted by Gasteiger charge is -2.25. The van der Waals surface area contributed by atoms with Crippen molar-refractivity contribution in [2.24, 2.45) is 11.1 Å². The fraction of sp³-hybridized carbons (Fsp3) is 0.500. The molecular weight excluding hydrogens is 323 g/mol. The lowest BCUT2D eigenvalue weighted by atomic mass is 9.87. The van der Waals surface area contributed by atoms with Crippen LogP contribution in [-0.4, -0.2) is 37.2 Å². The summed E-state index contributed by atoms with van der Waals surface area (Å²) in [6, 6.07) is 4.64. The average Bonchev–Trinajstić information content (AvgIpc) is 2.48. The van der Waals surface area contributed by atoms with Crippen LogP contribution in [0.25, 0.3) is 0 Å². The summed E-state index contributed by atoms with van der Waals surface area (Å²) >= 11 is 11.7. The second-order valence-electron chi connectivity index (χ2n) is 5.80. The van der Waals surface area contributed by atoms with Gasteiger partial charge in [0.25, 0.3) is 0 Å². The van der Waals surface area contributed by atoms with Crippen molar-refractivity contribution in [3.8, 4) is 0 Å². The summed E-state index contributed by atoms with van der Waals surface area (Å²) in [5, 5.41) is 4.84. The second kappa shape index (κ2) is 7.95. The Labute approximate surface area is 141 Å². The number of nitrogens with zero attached hydrogens (tertiary/aromatic N) is 2. The number of hydrogen-bond donors (Lipinski definition) is 0. The Kier molecular flexibility index (Phi) is 6.24. The van der Waals surface area contributed by atoms with E-state index in [4.69, 9.17) is 28.0 Å². The number of halogens is 2. The molecule has 1 aromatic rings. The number of carbonyl (C=O) groups excluding carboxylic acids is 1. The van der Waals surface area contributed by atoms with Crippen molar-refractivity contribution in [1.29, 1.82) is 0 Å². The first kappa shape index (κ1) is 17.3. The Balaban J connectivity index is 2.04. The van der Waals surface area contributed by atoms with Crippen molar-refractivity contribution in [1.82, 2.24) is 4.90 Å². The van der Waals surface area contributed by atoms with Gasteiger partial charge in [0.1, 0.15) is 0 Å². The van der Waals surface area contributed by atoms with E-state index in [2.05, 4.69) is 10.1 Å². The summed E-state index contributed by atoms with van der Waals surface area (Å²) in [6.45, 7) is 0.920. The van der Waals surface area contributed by atoms with E-state index in [0.717, 1.165) is 31.5 Å². The van der Waals surface area contributed by atoms with Crippen molar-refractivity contribution in [3.05, 3.63) is 33.8 Å². The van der Waals surface area contributed by atoms with Crippen molar-refractivity contribution in [2.45, 2.75) is 25.7 Å². The standard InChI is InChI=1S/C16H20Cl2N2O2/c1-20(2)10-12-5-3-4-6-15(12)19-22-16(21)11-7-8-13(17)14(18)9-11/h7-9,12H,3-6,10H2,1-2H3/b19-15-/t12-/m0/s1. The molecule has 0 bridgehead atoms. The van der Waals surface area contributed by atoms with Crippen molar-refractivity contribution >= 4 is 34.9 Å². The Morgan fingerprint density at radius 3 is 2.77 bits per heavy atom. The number of hydrogen-bond acceptors (Lipinski definition) is 4. The maximum Gasteiger partial charge on any atom is 0.365 e. The van der Waals surface area contributed by atoms with Crippen LogP contribution in [0.1, 0.15) is 36.0 Å². The molecule has 0 aliphatic heterocycles. The van der Waals surface area contributed by atoms with Gasteiger partial charge in [0, 0.05) is 12.5 Å². The quantitative estimate of drug-likeness (QED) is 0.606. The van der Waals surface area contributed by atoms with E-state index in [1.165, 1.54) is 12.5 Å². The van der Waals surface area contributed by atoms with Gasteiger partial charge in [-0.3, -0.25) is 0 Å². The van der Waals surface area contributed by atoms with Gasteiger partial charge in [0.15, 0.2) is 0 Å². The van der Waals surface area contributed by atoms with E-state index < -0.39 is 5.97 Å². The highest BCUT2D eigenvalue weighted by Crippen LogP contribution is 2.24. The third kappa shape index (κ3) is 4.70. The summed E-state index contributed by atoms with van der Waals surface area (Å²) in [7, 11) is 4.07. The molecule has 1 aliphatic rings. The van der Waals surface area contributed by atoms with Crippen LogP contribution in [0, 0.1) is 5.92 Å². The molecule has 2 rings (SSSR count). The lowest BCUT2D eigenvalue weighted by molar-refractivity contribution is 0.0511. The minimum absolute atomic E-state index is 0.326. The van der Waals surface area contributed by atoms with Gasteiger partial charge in [-0.25, -0.2) is 4.79 Å². The summed E-state index contributed by atoms with van der Waals surface area (Å²) in [5.41, 5.74) is 1.31. The van der Waals surface area contributed by atoms with Gasteiger partial charge in [-0.15, -0.1) is 0 Å². The van der Waals surface area contributed by atoms with Crippen LogP contribution in [0.2, 0.25) is 10.0 Å². The number of carbonyl (C=O) groups is 1. The van der Waals surface area contributed by atoms with E-state index in [-0.39, 0.29) is 0 Å². The maximum absolute atomic E-state index is 12.0. The number of rotatable bonds is 4. The zero-order valence-corrected chi connectivity index (χ0v) is 14.3. The van der Waals surface area contributed by atoms with Crippen molar-refractivity contribution in [2.75, 3.05) is 20.6 Å². The Hall–Kier alpha value is -1.10. The molecule has 1 saturated carbocycles. The highest BCUT2D eigenvalue weighted by molar-refractivity contribution is 6.42. The molecule has 0 saturated heterocycles. The third-order valence-corrected chi connectivity index (χ3v) is 4.43. The predicted molar refractivity (Wildman–Crippen MR) is 89.8 cm³/mol. The van der Waals surface area contributed by atoms with Crippen LogP contribution in [0.5, 0.6) is 0 Å². The van der Waals surface area contributed by atoms with Crippen molar-refractivity contribution < 1.29 is 9.63 Å². The molecule has 120 valence electrons. The normalized spacial score (nSPS) is 20.4. The van der Waals surface area contributed by atoms with E-state index >= 15 is 0 Å². The molecule has 1 aliphatic carbocycles. The molecule has 0 spiro atoms. The van der Waals surface area contributed by atoms with Crippen LogP contribution >= 0.6 is 23.2 Å². The van der Waals surface area contributed by atoms with Gasteiger partial charge < -0.3 is 9.74 Å². The molecule has 22 heavy (non-hydrogen) atoms. The van der Waals surface area contributed by atoms with Gasteiger partial charge >= 0.3 is 5.97 Å². The minimum atomic E-state index is -0.514. The topological polar surface area (TPSA) is 41.9 Å². The highest BCUT2D eigenvalue weighted by atomic mass is 35.5. The summed E-state index contributed by atoms with van der Waals surface area (Å²) in [6.07, 6.45) is 4.25. The number of oxime groups is 1. The fourth-order valence-electron chi connectivity index (χ4n) is 2.60. The lowest BCUT2D eigenvalue weighted by Crippen LogP contribution is -2.30. The van der Waals surface area contributed by atoms with Crippen LogP contribution in [0.15, 0.2) is 23.4 Å². The van der Waals surface area contributed by atoms with Crippen LogP contribution in [0.4, 0.5) is 0 Å². The largest absolute Gasteiger partial charge is 0.365 e. The van der Waals surface area contributed by atoms with E-state index in [9.17, 15) is 4.79 Å². The molecule has 6 heteroatoms. The molecule has 0 heterocycles. The Morgan fingerprint density at radius 2 is 2.09 bits per heavy atom. The Bertz CT molecular complexity index is 573. The fourth-order valence-corrected chi connectivity index (χ4v) is 2.90. The van der Waals surface area contributed by atoms with Gasteiger partial charge in [-0.1, -0.05) is 34.8 Å². The van der Waals surface area contributed by atoms with Crippen LogP contribution < -0.4 is 0 Å². The molecule has 0 unspecified atom stereocenters. The monoisotopic (exact) mass is 342 g/mol. The number of benzene rings is 1. The van der Waals surface area contributed by atoms with Crippen molar-refractivity contribution in [3.63, 3.8) is 0 Å². The molecule has 1 aromatic carbocycles. The molecule has 0 radical (unpaired) electrons. The smallest absolute Gasteiger partial charge is 0.313 e. The maximum atomic E-state index is 12.0. The van der Waals surface area contributed by atoms with E-state index in [0.29, 0.717) is 21.5 Å². The van der Waals surface area contributed by atoms with Gasteiger partial charge in [-0.2, -0.15) is 0 Å². The van der Waals surface area contributed by atoms with Gasteiger partial charge in [0.05, 0.1) is 21.3 Å². The van der Waals surface area contributed by atoms with Crippen LogP contribution in [-0.2, 0) is 4.84 Å². The predicted octanol–water partition coefficient (Wildman–Crippen LogP) is 4.26. The SMILES string of the molecule is CN(C)C[C@@H]1CCCC/C1=N/OC(=O)c1ccc(Cl)c(Cl)c1. The molecule has 0 amide bonds. The van der Waals surface area contributed by atoms with E-state index in [1.54, 1.807) is 12.1 Å². The molecular formula is C16H20Cl2N2O2. The minimum Gasteiger partial charge on any atom is -0.313 e. The first-order valence-corrected chi connectivity index (χ1v) is 8.11. The highest BCUT2D eigenvalue weighted by Gasteiger charge is 2.22. The van der Waals surface area contributed by atoms with Gasteiger partial charge in [-0.05, 0) is 51.6 Å². The second-order valence-corrected chi connectivity index (χ2v) is 6.61. The zero-order valence-electron chi connectivity index (χ0n) is 12.8. The molecule has 0 aromatic heterocycles. The first-order valence-electron chi connectivity index (χ1n) is 7.35. The molecule has 0 N–H and O–H groups in total. The van der Waals surface area contributed by atoms with E-state index in [1.807, 2.05) is 14.1 Å². The third-order valence-electron chi connectivity index (χ3n) is 3.69. The van der Waals surface area contributed by atoms with Crippen LogP contribution in [0.3, 0.4) is 0 Å². The Morgan fingerprint density at radius 1 is 1.32 bits per heavy atom.